The van der Waals surface area contributed by atoms with Crippen LogP contribution in [0.15, 0.2) is 28.8 Å². The van der Waals surface area contributed by atoms with Gasteiger partial charge in [0.05, 0.1) is 0 Å². The third-order valence-corrected chi connectivity index (χ3v) is 2.75. The van der Waals surface area contributed by atoms with E-state index in [0.29, 0.717) is 27.1 Å². The van der Waals surface area contributed by atoms with Crippen LogP contribution in [0.4, 0.5) is 0 Å². The van der Waals surface area contributed by atoms with Crippen LogP contribution in [-0.2, 0) is 0 Å². The molecular formula is C11H9BrO3. The van der Waals surface area contributed by atoms with Crippen molar-refractivity contribution in [2.45, 2.75) is 6.92 Å². The van der Waals surface area contributed by atoms with Crippen LogP contribution in [0, 0.1) is 0 Å². The van der Waals surface area contributed by atoms with Crippen molar-refractivity contribution < 1.29 is 14.3 Å². The minimum Gasteiger partial charge on any atom is -0.454 e. The molecule has 1 aliphatic heterocycles. The Morgan fingerprint density at radius 1 is 1.40 bits per heavy atom. The first-order chi connectivity index (χ1) is 7.09. The third kappa shape index (κ3) is 1.77. The maximum absolute atomic E-state index is 11.7. The van der Waals surface area contributed by atoms with E-state index >= 15 is 0 Å². The molecule has 1 aromatic carbocycles. The number of hydrogen-bond acceptors (Lipinski definition) is 3. The molecule has 0 saturated carbocycles. The fraction of sp³-hybridized carbons (Fsp3) is 0.182. The van der Waals surface area contributed by atoms with Gasteiger partial charge in [-0.1, -0.05) is 6.58 Å². The Bertz CT molecular complexity index is 451. The smallest absolute Gasteiger partial charge is 0.231 e. The number of carbonyl (C=O) groups excluding carboxylic acids is 1. The molecule has 1 aromatic rings. The van der Waals surface area contributed by atoms with Gasteiger partial charge in [-0.25, -0.2) is 0 Å². The summed E-state index contributed by atoms with van der Waals surface area (Å²) in [4.78, 5) is 11.7. The van der Waals surface area contributed by atoms with Crippen molar-refractivity contribution in [3.05, 3.63) is 34.3 Å². The van der Waals surface area contributed by atoms with Gasteiger partial charge in [0.2, 0.25) is 6.79 Å². The summed E-state index contributed by atoms with van der Waals surface area (Å²) in [5.74, 6) is 1.16. The van der Waals surface area contributed by atoms with Gasteiger partial charge in [-0.3, -0.25) is 4.79 Å². The van der Waals surface area contributed by atoms with E-state index in [9.17, 15) is 4.79 Å². The molecule has 1 heterocycles. The van der Waals surface area contributed by atoms with Gasteiger partial charge in [0.15, 0.2) is 17.3 Å². The van der Waals surface area contributed by atoms with Crippen LogP contribution in [0.1, 0.15) is 17.3 Å². The van der Waals surface area contributed by atoms with E-state index in [-0.39, 0.29) is 12.6 Å². The van der Waals surface area contributed by atoms with Crippen molar-refractivity contribution in [3.8, 4) is 11.5 Å². The summed E-state index contributed by atoms with van der Waals surface area (Å²) in [6.45, 7) is 5.50. The summed E-state index contributed by atoms with van der Waals surface area (Å²) in [6.07, 6.45) is 0. The molecule has 15 heavy (non-hydrogen) atoms. The van der Waals surface area contributed by atoms with E-state index in [1.165, 1.54) is 0 Å². The number of Topliss-reactive ketones (excluding diaryl/α,β-unsaturated/α-hetero) is 1. The lowest BCUT2D eigenvalue weighted by molar-refractivity contribution is 0.103. The molecule has 0 N–H and O–H groups in total. The molecule has 0 radical (unpaired) electrons. The lowest BCUT2D eigenvalue weighted by Crippen LogP contribution is -2.00. The highest BCUT2D eigenvalue weighted by Crippen LogP contribution is 2.37. The third-order valence-electron chi connectivity index (χ3n) is 2.09. The molecule has 0 unspecified atom stereocenters. The van der Waals surface area contributed by atoms with Crippen LogP contribution in [0.2, 0.25) is 0 Å². The van der Waals surface area contributed by atoms with Gasteiger partial charge in [0.25, 0.3) is 0 Å². The summed E-state index contributed by atoms with van der Waals surface area (Å²) < 4.78 is 11.1. The average molecular weight is 269 g/mol. The zero-order valence-corrected chi connectivity index (χ0v) is 9.76. The first-order valence-corrected chi connectivity index (χ1v) is 5.18. The lowest BCUT2D eigenvalue weighted by atomic mass is 10.1. The normalized spacial score (nSPS) is 12.7. The SMILES string of the molecule is C=C(C)C(=O)c1cc2c(cc1Br)OCO2. The molecule has 78 valence electrons. The second-order valence-electron chi connectivity index (χ2n) is 3.29. The molecule has 0 aliphatic carbocycles. The Morgan fingerprint density at radius 2 is 2.00 bits per heavy atom. The maximum atomic E-state index is 11.7. The van der Waals surface area contributed by atoms with Crippen molar-refractivity contribution in [2.75, 3.05) is 6.79 Å². The first-order valence-electron chi connectivity index (χ1n) is 4.39. The Kier molecular flexibility index (Phi) is 2.52. The van der Waals surface area contributed by atoms with Crippen LogP contribution in [0.3, 0.4) is 0 Å². The summed E-state index contributed by atoms with van der Waals surface area (Å²) in [7, 11) is 0. The molecule has 0 atom stereocenters. The molecule has 0 spiro atoms. The Labute approximate surface area is 95.8 Å². The number of benzene rings is 1. The standard InChI is InChI=1S/C11H9BrO3/c1-6(2)11(13)7-3-9-10(4-8(7)12)15-5-14-9/h3-4H,1,5H2,2H3. The Balaban J connectivity index is 2.49. The highest BCUT2D eigenvalue weighted by molar-refractivity contribution is 9.10. The summed E-state index contributed by atoms with van der Waals surface area (Å²) >= 11 is 3.32. The summed E-state index contributed by atoms with van der Waals surface area (Å²) in [5, 5.41) is 0. The predicted octanol–water partition coefficient (Wildman–Crippen LogP) is 2.94. The number of ether oxygens (including phenoxy) is 2. The summed E-state index contributed by atoms with van der Waals surface area (Å²) in [5.41, 5.74) is 1.04. The van der Waals surface area contributed by atoms with Gasteiger partial charge in [-0.2, -0.15) is 0 Å². The maximum Gasteiger partial charge on any atom is 0.231 e. The molecule has 0 aromatic heterocycles. The number of ketones is 1. The zero-order valence-electron chi connectivity index (χ0n) is 8.17. The van der Waals surface area contributed by atoms with Crippen molar-refractivity contribution in [3.63, 3.8) is 0 Å². The van der Waals surface area contributed by atoms with Gasteiger partial charge >= 0.3 is 0 Å². The number of allylic oxidation sites excluding steroid dienone is 1. The lowest BCUT2D eigenvalue weighted by Gasteiger charge is -2.04. The molecule has 0 bridgehead atoms. The topological polar surface area (TPSA) is 35.5 Å². The van der Waals surface area contributed by atoms with Crippen LogP contribution in [0.5, 0.6) is 11.5 Å². The molecule has 0 saturated heterocycles. The average Bonchev–Trinajstić information content (AvgIpc) is 2.62. The van der Waals surface area contributed by atoms with Crippen molar-refractivity contribution in [1.82, 2.24) is 0 Å². The van der Waals surface area contributed by atoms with Crippen LogP contribution in [0.25, 0.3) is 0 Å². The zero-order chi connectivity index (χ0) is 11.0. The second kappa shape index (κ2) is 3.70. The van der Waals surface area contributed by atoms with Crippen molar-refractivity contribution in [1.29, 1.82) is 0 Å². The second-order valence-corrected chi connectivity index (χ2v) is 4.15. The minimum absolute atomic E-state index is 0.0971. The first kappa shape index (κ1) is 10.2. The molecule has 2 rings (SSSR count). The molecule has 0 amide bonds. The summed E-state index contributed by atoms with van der Waals surface area (Å²) in [6, 6.07) is 3.40. The molecule has 4 heteroatoms. The fourth-order valence-electron chi connectivity index (χ4n) is 1.32. The van der Waals surface area contributed by atoms with E-state index in [2.05, 4.69) is 22.5 Å². The fourth-order valence-corrected chi connectivity index (χ4v) is 1.82. The van der Waals surface area contributed by atoms with Crippen molar-refractivity contribution in [2.24, 2.45) is 0 Å². The Hall–Kier alpha value is -1.29. The van der Waals surface area contributed by atoms with Gasteiger partial charge in [-0.05, 0) is 40.6 Å². The number of rotatable bonds is 2. The van der Waals surface area contributed by atoms with Gasteiger partial charge in [-0.15, -0.1) is 0 Å². The highest BCUT2D eigenvalue weighted by atomic mass is 79.9. The van der Waals surface area contributed by atoms with E-state index in [1.807, 2.05) is 0 Å². The van der Waals surface area contributed by atoms with E-state index in [1.54, 1.807) is 19.1 Å². The number of halogens is 1. The molecular weight excluding hydrogens is 260 g/mol. The van der Waals surface area contributed by atoms with Gasteiger partial charge in [0.1, 0.15) is 0 Å². The number of fused-ring (bicyclic) bond motifs is 1. The van der Waals surface area contributed by atoms with Crippen LogP contribution < -0.4 is 9.47 Å². The Morgan fingerprint density at radius 3 is 2.60 bits per heavy atom. The highest BCUT2D eigenvalue weighted by Gasteiger charge is 2.19. The number of hydrogen-bond donors (Lipinski definition) is 0. The van der Waals surface area contributed by atoms with Gasteiger partial charge < -0.3 is 9.47 Å². The molecule has 3 nitrogen and oxygen atoms in total. The molecule has 1 aliphatic rings. The number of carbonyl (C=O) groups is 1. The van der Waals surface area contributed by atoms with E-state index in [0.717, 1.165) is 0 Å². The van der Waals surface area contributed by atoms with Crippen LogP contribution in [-0.4, -0.2) is 12.6 Å². The predicted molar refractivity (Wildman–Crippen MR) is 59.4 cm³/mol. The van der Waals surface area contributed by atoms with Crippen molar-refractivity contribution >= 4 is 21.7 Å². The van der Waals surface area contributed by atoms with E-state index < -0.39 is 0 Å². The van der Waals surface area contributed by atoms with Crippen LogP contribution >= 0.6 is 15.9 Å². The van der Waals surface area contributed by atoms with E-state index in [4.69, 9.17) is 9.47 Å². The minimum atomic E-state index is -0.0971. The largest absolute Gasteiger partial charge is 0.454 e. The quantitative estimate of drug-likeness (QED) is 0.611. The molecule has 0 fully saturated rings. The van der Waals surface area contributed by atoms with Gasteiger partial charge in [0, 0.05) is 10.0 Å². The monoisotopic (exact) mass is 268 g/mol.